The van der Waals surface area contributed by atoms with Gasteiger partial charge in [0, 0.05) is 0 Å². The zero-order valence-electron chi connectivity index (χ0n) is 9.35. The van der Waals surface area contributed by atoms with Crippen molar-refractivity contribution < 1.29 is 0 Å². The molecule has 0 rings (SSSR count). The third-order valence-electron chi connectivity index (χ3n) is 2.73. The summed E-state index contributed by atoms with van der Waals surface area (Å²) < 4.78 is 0. The Kier molecular flexibility index (Phi) is 6.14. The highest BCUT2D eigenvalue weighted by Crippen LogP contribution is 2.14. The second kappa shape index (κ2) is 6.28. The van der Waals surface area contributed by atoms with E-state index in [9.17, 15) is 0 Å². The van der Waals surface area contributed by atoms with Crippen molar-refractivity contribution in [1.29, 1.82) is 0 Å². The fraction of sp³-hybridized carbons (Fsp3) is 0.833. The minimum atomic E-state index is 0.724. The summed E-state index contributed by atoms with van der Waals surface area (Å²) in [6.45, 7) is 11.4. The van der Waals surface area contributed by atoms with E-state index in [1.807, 2.05) is 0 Å². The van der Waals surface area contributed by atoms with Crippen LogP contribution in [0.4, 0.5) is 0 Å². The van der Waals surface area contributed by atoms with Crippen LogP contribution in [0.2, 0.25) is 0 Å². The van der Waals surface area contributed by atoms with E-state index in [2.05, 4.69) is 40.7 Å². The molecule has 0 spiro atoms. The van der Waals surface area contributed by atoms with Gasteiger partial charge in [-0.15, -0.1) is 0 Å². The van der Waals surface area contributed by atoms with Crippen LogP contribution < -0.4 is 0 Å². The summed E-state index contributed by atoms with van der Waals surface area (Å²) in [7, 11) is 0. The molecule has 0 nitrogen and oxygen atoms in total. The van der Waals surface area contributed by atoms with Crippen molar-refractivity contribution in [2.24, 2.45) is 11.8 Å². The maximum atomic E-state index is 2.40. The van der Waals surface area contributed by atoms with E-state index < -0.39 is 0 Å². The van der Waals surface area contributed by atoms with Gasteiger partial charge in [0.15, 0.2) is 0 Å². The first kappa shape index (κ1) is 11.7. The van der Waals surface area contributed by atoms with Gasteiger partial charge in [-0.3, -0.25) is 0 Å². The zero-order chi connectivity index (χ0) is 9.56. The summed E-state index contributed by atoms with van der Waals surface area (Å²) in [4.78, 5) is 0. The maximum absolute atomic E-state index is 2.40. The van der Waals surface area contributed by atoms with Crippen molar-refractivity contribution in [1.82, 2.24) is 0 Å². The largest absolute Gasteiger partial charge is 0.0853 e. The molecule has 1 unspecified atom stereocenters. The summed E-state index contributed by atoms with van der Waals surface area (Å²) in [5, 5.41) is 0. The maximum Gasteiger partial charge on any atom is -0.0263 e. The van der Waals surface area contributed by atoms with Crippen molar-refractivity contribution in [3.63, 3.8) is 0 Å². The summed E-state index contributed by atoms with van der Waals surface area (Å²) in [5.41, 5.74) is 1.54. The molecule has 0 aromatic heterocycles. The Hall–Kier alpha value is -0.260. The molecule has 0 heterocycles. The predicted molar refractivity (Wildman–Crippen MR) is 57.3 cm³/mol. The highest BCUT2D eigenvalue weighted by molar-refractivity contribution is 5.00. The molecule has 0 amide bonds. The lowest BCUT2D eigenvalue weighted by Gasteiger charge is -2.07. The molecule has 0 aliphatic carbocycles. The fourth-order valence-corrected chi connectivity index (χ4v) is 1.04. The van der Waals surface area contributed by atoms with Crippen molar-refractivity contribution in [2.45, 2.75) is 53.9 Å². The first-order valence-electron chi connectivity index (χ1n) is 5.24. The molecule has 0 radical (unpaired) electrons. The second-order valence-electron chi connectivity index (χ2n) is 4.19. The van der Waals surface area contributed by atoms with Crippen LogP contribution in [0.5, 0.6) is 0 Å². The molecule has 0 bridgehead atoms. The van der Waals surface area contributed by atoms with Gasteiger partial charge in [0.2, 0.25) is 0 Å². The van der Waals surface area contributed by atoms with Gasteiger partial charge in [-0.1, -0.05) is 45.8 Å². The monoisotopic (exact) mass is 168 g/mol. The molecule has 0 aromatic rings. The molecule has 0 saturated carbocycles. The van der Waals surface area contributed by atoms with E-state index in [1.165, 1.54) is 19.3 Å². The minimum Gasteiger partial charge on any atom is -0.0853 e. The van der Waals surface area contributed by atoms with Crippen LogP contribution in [0.1, 0.15) is 53.9 Å². The Balaban J connectivity index is 3.59. The van der Waals surface area contributed by atoms with Crippen LogP contribution in [0.25, 0.3) is 0 Å². The highest BCUT2D eigenvalue weighted by atomic mass is 14.0. The molecule has 72 valence electrons. The molecule has 0 heteroatoms. The van der Waals surface area contributed by atoms with E-state index in [0.717, 1.165) is 11.8 Å². The Morgan fingerprint density at radius 1 is 1.25 bits per heavy atom. The van der Waals surface area contributed by atoms with Crippen molar-refractivity contribution in [2.75, 3.05) is 0 Å². The molecular weight excluding hydrogens is 144 g/mol. The van der Waals surface area contributed by atoms with Gasteiger partial charge >= 0.3 is 0 Å². The van der Waals surface area contributed by atoms with Gasteiger partial charge in [-0.2, -0.15) is 0 Å². The Labute approximate surface area is 78.1 Å². The smallest absolute Gasteiger partial charge is 0.0263 e. The van der Waals surface area contributed by atoms with Crippen LogP contribution in [0.15, 0.2) is 11.6 Å². The average molecular weight is 168 g/mol. The predicted octanol–water partition coefficient (Wildman–Crippen LogP) is 4.42. The van der Waals surface area contributed by atoms with Crippen LogP contribution in [0, 0.1) is 11.8 Å². The summed E-state index contributed by atoms with van der Waals surface area (Å²) in [6.07, 6.45) is 6.32. The number of hydrogen-bond donors (Lipinski definition) is 0. The van der Waals surface area contributed by atoms with E-state index in [0.29, 0.717) is 0 Å². The molecule has 12 heavy (non-hydrogen) atoms. The van der Waals surface area contributed by atoms with Gasteiger partial charge in [0.05, 0.1) is 0 Å². The SMILES string of the molecule is CCC(C)CCC=C(C)C(C)C. The molecule has 0 N–H and O–H groups in total. The van der Waals surface area contributed by atoms with Crippen molar-refractivity contribution in [3.05, 3.63) is 11.6 Å². The van der Waals surface area contributed by atoms with Gasteiger partial charge in [0.1, 0.15) is 0 Å². The Morgan fingerprint density at radius 3 is 2.25 bits per heavy atom. The number of rotatable bonds is 5. The zero-order valence-corrected chi connectivity index (χ0v) is 9.35. The molecule has 0 saturated heterocycles. The van der Waals surface area contributed by atoms with E-state index in [4.69, 9.17) is 0 Å². The van der Waals surface area contributed by atoms with E-state index in [-0.39, 0.29) is 0 Å². The van der Waals surface area contributed by atoms with Gasteiger partial charge in [0.25, 0.3) is 0 Å². The lowest BCUT2D eigenvalue weighted by Crippen LogP contribution is -1.92. The summed E-state index contributed by atoms with van der Waals surface area (Å²) in [5.74, 6) is 1.61. The first-order valence-corrected chi connectivity index (χ1v) is 5.24. The fourth-order valence-electron chi connectivity index (χ4n) is 1.04. The van der Waals surface area contributed by atoms with Crippen molar-refractivity contribution in [3.8, 4) is 0 Å². The standard InChI is InChI=1S/C12H24/c1-6-11(4)8-7-9-12(5)10(2)3/h9-11H,6-8H2,1-5H3. The third kappa shape index (κ3) is 5.40. The van der Waals surface area contributed by atoms with Crippen LogP contribution in [0.3, 0.4) is 0 Å². The quantitative estimate of drug-likeness (QED) is 0.533. The molecular formula is C12H24. The van der Waals surface area contributed by atoms with Crippen LogP contribution in [-0.2, 0) is 0 Å². The lowest BCUT2D eigenvalue weighted by atomic mass is 9.99. The molecule has 0 aliphatic rings. The Bertz CT molecular complexity index is 131. The average Bonchev–Trinajstić information content (AvgIpc) is 2.03. The van der Waals surface area contributed by atoms with Crippen LogP contribution in [-0.4, -0.2) is 0 Å². The molecule has 1 atom stereocenters. The van der Waals surface area contributed by atoms with Gasteiger partial charge in [-0.25, -0.2) is 0 Å². The number of allylic oxidation sites excluding steroid dienone is 2. The normalized spacial score (nSPS) is 15.3. The highest BCUT2D eigenvalue weighted by Gasteiger charge is 1.98. The summed E-state index contributed by atoms with van der Waals surface area (Å²) >= 11 is 0. The van der Waals surface area contributed by atoms with Gasteiger partial charge in [-0.05, 0) is 31.6 Å². The lowest BCUT2D eigenvalue weighted by molar-refractivity contribution is 0.520. The molecule has 0 aromatic carbocycles. The van der Waals surface area contributed by atoms with E-state index >= 15 is 0 Å². The molecule has 0 aliphatic heterocycles. The van der Waals surface area contributed by atoms with E-state index in [1.54, 1.807) is 5.57 Å². The Morgan fingerprint density at radius 2 is 1.83 bits per heavy atom. The molecule has 0 fully saturated rings. The minimum absolute atomic E-state index is 0.724. The summed E-state index contributed by atoms with van der Waals surface area (Å²) in [6, 6.07) is 0. The second-order valence-corrected chi connectivity index (χ2v) is 4.19. The van der Waals surface area contributed by atoms with Gasteiger partial charge < -0.3 is 0 Å². The van der Waals surface area contributed by atoms with Crippen molar-refractivity contribution >= 4 is 0 Å². The van der Waals surface area contributed by atoms with Crippen LogP contribution >= 0.6 is 0 Å². The third-order valence-corrected chi connectivity index (χ3v) is 2.73. The number of hydrogen-bond acceptors (Lipinski definition) is 0. The topological polar surface area (TPSA) is 0 Å². The first-order chi connectivity index (χ1) is 5.57.